The standard InChI is InChI=1S/C12H14ClFO2/c1-2-16-6-5-10(15)7-9-3-4-11(13)12(14)8-9/h3-4,8H,2,5-7H2,1H3. The van der Waals surface area contributed by atoms with Gasteiger partial charge in [0, 0.05) is 19.4 Å². The molecule has 0 aliphatic rings. The Labute approximate surface area is 99.4 Å². The van der Waals surface area contributed by atoms with Gasteiger partial charge in [-0.2, -0.15) is 0 Å². The van der Waals surface area contributed by atoms with Gasteiger partial charge in [0.05, 0.1) is 11.6 Å². The molecule has 0 fully saturated rings. The first kappa shape index (κ1) is 13.1. The number of hydrogen-bond donors (Lipinski definition) is 0. The summed E-state index contributed by atoms with van der Waals surface area (Å²) in [5, 5.41) is 0.0746. The summed E-state index contributed by atoms with van der Waals surface area (Å²) in [5.41, 5.74) is 0.642. The van der Waals surface area contributed by atoms with E-state index in [0.717, 1.165) is 0 Å². The summed E-state index contributed by atoms with van der Waals surface area (Å²) < 4.78 is 18.1. The van der Waals surface area contributed by atoms with Crippen LogP contribution in [0, 0.1) is 5.82 Å². The van der Waals surface area contributed by atoms with Crippen LogP contribution in [0.1, 0.15) is 18.9 Å². The Kier molecular flexibility index (Phi) is 5.43. The Bertz CT molecular complexity index is 366. The smallest absolute Gasteiger partial charge is 0.142 e. The molecule has 0 spiro atoms. The van der Waals surface area contributed by atoms with Crippen LogP contribution in [0.15, 0.2) is 18.2 Å². The number of ether oxygens (including phenoxy) is 1. The van der Waals surface area contributed by atoms with Crippen LogP contribution in [0.5, 0.6) is 0 Å². The molecule has 0 N–H and O–H groups in total. The van der Waals surface area contributed by atoms with Gasteiger partial charge in [-0.1, -0.05) is 17.7 Å². The molecule has 2 nitrogen and oxygen atoms in total. The Morgan fingerprint density at radius 2 is 2.25 bits per heavy atom. The molecule has 0 amide bonds. The maximum absolute atomic E-state index is 13.1. The third-order valence-corrected chi connectivity index (χ3v) is 2.42. The van der Waals surface area contributed by atoms with Crippen LogP contribution in [0.2, 0.25) is 5.02 Å². The van der Waals surface area contributed by atoms with Crippen LogP contribution in [-0.4, -0.2) is 19.0 Å². The zero-order chi connectivity index (χ0) is 12.0. The number of ketones is 1. The van der Waals surface area contributed by atoms with Crippen molar-refractivity contribution >= 4 is 17.4 Å². The van der Waals surface area contributed by atoms with Crippen molar-refractivity contribution in [3.8, 4) is 0 Å². The fourth-order valence-electron chi connectivity index (χ4n) is 1.30. The molecule has 0 radical (unpaired) electrons. The van der Waals surface area contributed by atoms with Crippen LogP contribution in [-0.2, 0) is 16.0 Å². The number of benzene rings is 1. The molecule has 1 aromatic carbocycles. The van der Waals surface area contributed by atoms with Gasteiger partial charge in [-0.3, -0.25) is 4.79 Å². The first-order chi connectivity index (χ1) is 7.63. The predicted molar refractivity (Wildman–Crippen MR) is 61.2 cm³/mol. The highest BCUT2D eigenvalue weighted by Crippen LogP contribution is 2.16. The molecule has 0 aromatic heterocycles. The number of carbonyl (C=O) groups excluding carboxylic acids is 1. The summed E-state index contributed by atoms with van der Waals surface area (Å²) in [5.74, 6) is -0.452. The fraction of sp³-hybridized carbons (Fsp3) is 0.417. The van der Waals surface area contributed by atoms with E-state index >= 15 is 0 Å². The quantitative estimate of drug-likeness (QED) is 0.719. The molecule has 0 bridgehead atoms. The average Bonchev–Trinajstić information content (AvgIpc) is 2.24. The second-order valence-corrected chi connectivity index (χ2v) is 3.82. The van der Waals surface area contributed by atoms with Crippen LogP contribution in [0.25, 0.3) is 0 Å². The van der Waals surface area contributed by atoms with E-state index in [-0.39, 0.29) is 17.2 Å². The van der Waals surface area contributed by atoms with Crippen molar-refractivity contribution in [1.29, 1.82) is 0 Å². The van der Waals surface area contributed by atoms with Crippen LogP contribution < -0.4 is 0 Å². The Balaban J connectivity index is 2.46. The van der Waals surface area contributed by atoms with E-state index in [0.29, 0.717) is 25.2 Å². The zero-order valence-corrected chi connectivity index (χ0v) is 9.89. The minimum absolute atomic E-state index is 0.0372. The van der Waals surface area contributed by atoms with E-state index in [9.17, 15) is 9.18 Å². The highest BCUT2D eigenvalue weighted by Gasteiger charge is 2.06. The maximum Gasteiger partial charge on any atom is 0.142 e. The first-order valence-electron chi connectivity index (χ1n) is 5.17. The van der Waals surface area contributed by atoms with Gasteiger partial charge in [0.25, 0.3) is 0 Å². The normalized spacial score (nSPS) is 10.4. The predicted octanol–water partition coefficient (Wildman–Crippen LogP) is 3.02. The molecule has 0 unspecified atom stereocenters. The monoisotopic (exact) mass is 244 g/mol. The van der Waals surface area contributed by atoms with Gasteiger partial charge in [-0.05, 0) is 24.6 Å². The molecule has 0 saturated heterocycles. The minimum Gasteiger partial charge on any atom is -0.381 e. The van der Waals surface area contributed by atoms with E-state index in [2.05, 4.69) is 0 Å². The number of carbonyl (C=O) groups is 1. The lowest BCUT2D eigenvalue weighted by molar-refractivity contribution is -0.119. The third kappa shape index (κ3) is 4.29. The van der Waals surface area contributed by atoms with Crippen LogP contribution in [0.4, 0.5) is 4.39 Å². The van der Waals surface area contributed by atoms with Crippen molar-refractivity contribution in [1.82, 2.24) is 0 Å². The first-order valence-corrected chi connectivity index (χ1v) is 5.54. The lowest BCUT2D eigenvalue weighted by Crippen LogP contribution is -2.07. The molecular formula is C12H14ClFO2. The van der Waals surface area contributed by atoms with E-state index in [1.165, 1.54) is 12.1 Å². The minimum atomic E-state index is -0.489. The Hall–Kier alpha value is -0.930. The Morgan fingerprint density at radius 1 is 1.50 bits per heavy atom. The summed E-state index contributed by atoms with van der Waals surface area (Å²) in [6.07, 6.45) is 0.583. The van der Waals surface area contributed by atoms with Gasteiger partial charge in [-0.15, -0.1) is 0 Å². The van der Waals surface area contributed by atoms with Gasteiger partial charge < -0.3 is 4.74 Å². The van der Waals surface area contributed by atoms with Crippen LogP contribution in [0.3, 0.4) is 0 Å². The second-order valence-electron chi connectivity index (χ2n) is 3.41. The summed E-state index contributed by atoms with van der Waals surface area (Å²) in [4.78, 5) is 11.4. The molecule has 0 saturated carbocycles. The van der Waals surface area contributed by atoms with E-state index < -0.39 is 5.82 Å². The maximum atomic E-state index is 13.1. The summed E-state index contributed by atoms with van der Waals surface area (Å²) in [6.45, 7) is 2.90. The molecule has 88 valence electrons. The highest BCUT2D eigenvalue weighted by atomic mass is 35.5. The highest BCUT2D eigenvalue weighted by molar-refractivity contribution is 6.30. The number of hydrogen-bond acceptors (Lipinski definition) is 2. The van der Waals surface area contributed by atoms with Gasteiger partial charge in [0.15, 0.2) is 0 Å². The second kappa shape index (κ2) is 6.61. The van der Waals surface area contributed by atoms with Crippen molar-refractivity contribution in [2.75, 3.05) is 13.2 Å². The van der Waals surface area contributed by atoms with Gasteiger partial charge in [0.2, 0.25) is 0 Å². The van der Waals surface area contributed by atoms with E-state index in [4.69, 9.17) is 16.3 Å². The molecular weight excluding hydrogens is 231 g/mol. The van der Waals surface area contributed by atoms with E-state index in [1.54, 1.807) is 6.07 Å². The van der Waals surface area contributed by atoms with Crippen molar-refractivity contribution < 1.29 is 13.9 Å². The van der Waals surface area contributed by atoms with Crippen molar-refractivity contribution in [3.05, 3.63) is 34.6 Å². The average molecular weight is 245 g/mol. The topological polar surface area (TPSA) is 26.3 Å². The van der Waals surface area contributed by atoms with Gasteiger partial charge in [0.1, 0.15) is 11.6 Å². The van der Waals surface area contributed by atoms with Crippen molar-refractivity contribution in [3.63, 3.8) is 0 Å². The molecule has 16 heavy (non-hydrogen) atoms. The lowest BCUT2D eigenvalue weighted by Gasteiger charge is -2.03. The number of halogens is 2. The lowest BCUT2D eigenvalue weighted by atomic mass is 10.1. The van der Waals surface area contributed by atoms with Crippen molar-refractivity contribution in [2.24, 2.45) is 0 Å². The largest absolute Gasteiger partial charge is 0.381 e. The molecule has 4 heteroatoms. The Morgan fingerprint density at radius 3 is 2.88 bits per heavy atom. The van der Waals surface area contributed by atoms with Gasteiger partial charge >= 0.3 is 0 Å². The third-order valence-electron chi connectivity index (χ3n) is 2.11. The number of rotatable bonds is 6. The molecule has 1 aromatic rings. The van der Waals surface area contributed by atoms with Crippen molar-refractivity contribution in [2.45, 2.75) is 19.8 Å². The summed E-state index contributed by atoms with van der Waals surface area (Å²) in [6, 6.07) is 4.41. The zero-order valence-electron chi connectivity index (χ0n) is 9.13. The molecule has 0 heterocycles. The summed E-state index contributed by atoms with van der Waals surface area (Å²) in [7, 11) is 0. The van der Waals surface area contributed by atoms with Crippen LogP contribution >= 0.6 is 11.6 Å². The SMILES string of the molecule is CCOCCC(=O)Cc1ccc(Cl)c(F)c1. The molecule has 1 rings (SSSR count). The van der Waals surface area contributed by atoms with Gasteiger partial charge in [-0.25, -0.2) is 4.39 Å². The van der Waals surface area contributed by atoms with E-state index in [1.807, 2.05) is 6.92 Å². The molecule has 0 atom stereocenters. The number of Topliss-reactive ketones (excluding diaryl/α,β-unsaturated/α-hetero) is 1. The molecule has 0 aliphatic heterocycles. The molecule has 0 aliphatic carbocycles. The fourth-order valence-corrected chi connectivity index (χ4v) is 1.41. The summed E-state index contributed by atoms with van der Waals surface area (Å²) >= 11 is 5.54.